The SMILES string of the molecule is Cc1nc(NC(=O)N2CCC(C)(C)C2=C=O)ccc1Oc1ccnc(-c2cnn(C)c2)c1. The summed E-state index contributed by atoms with van der Waals surface area (Å²) in [4.78, 5) is 34.2. The number of anilines is 1. The molecule has 164 valence electrons. The Kier molecular flexibility index (Phi) is 5.50. The summed E-state index contributed by atoms with van der Waals surface area (Å²) in [6, 6.07) is 6.60. The second-order valence-electron chi connectivity index (χ2n) is 8.33. The smallest absolute Gasteiger partial charge is 0.327 e. The first-order chi connectivity index (χ1) is 15.3. The molecule has 2 amide bonds. The molecule has 4 rings (SSSR count). The zero-order chi connectivity index (χ0) is 22.9. The van der Waals surface area contributed by atoms with Gasteiger partial charge in [0, 0.05) is 43.0 Å². The molecule has 3 aromatic rings. The molecule has 3 aromatic heterocycles. The van der Waals surface area contributed by atoms with Crippen molar-refractivity contribution in [2.45, 2.75) is 27.2 Å². The quantitative estimate of drug-likeness (QED) is 0.626. The lowest BCUT2D eigenvalue weighted by Gasteiger charge is -2.21. The number of aromatic nitrogens is 4. The van der Waals surface area contributed by atoms with Gasteiger partial charge in [-0.1, -0.05) is 13.8 Å². The third kappa shape index (κ3) is 4.24. The molecular weight excluding hydrogens is 408 g/mol. The van der Waals surface area contributed by atoms with E-state index in [0.717, 1.165) is 11.3 Å². The van der Waals surface area contributed by atoms with Gasteiger partial charge in [-0.15, -0.1) is 0 Å². The van der Waals surface area contributed by atoms with Crippen molar-refractivity contribution in [3.8, 4) is 22.8 Å². The van der Waals surface area contributed by atoms with E-state index >= 15 is 0 Å². The molecule has 1 fully saturated rings. The van der Waals surface area contributed by atoms with Crippen LogP contribution in [0.5, 0.6) is 11.5 Å². The number of likely N-dealkylation sites (tertiary alicyclic amines) is 1. The third-order valence-electron chi connectivity index (χ3n) is 5.45. The number of amides is 2. The normalized spacial score (nSPS) is 14.9. The standard InChI is InChI=1S/C23H24N6O3/c1-15-19(32-17-7-9-24-18(11-17)16-12-25-28(4)13-16)5-6-21(26-15)27-22(31)29-10-8-23(2,3)20(29)14-30/h5-7,9,11-13H,8,10H2,1-4H3,(H,26,27,31). The van der Waals surface area contributed by atoms with Crippen LogP contribution < -0.4 is 10.1 Å². The number of pyridine rings is 2. The van der Waals surface area contributed by atoms with Gasteiger partial charge in [0.05, 0.1) is 17.6 Å². The number of hydrogen-bond acceptors (Lipinski definition) is 6. The molecule has 4 heterocycles. The van der Waals surface area contributed by atoms with Crippen LogP contribution >= 0.6 is 0 Å². The van der Waals surface area contributed by atoms with Gasteiger partial charge in [0.1, 0.15) is 29.0 Å². The highest BCUT2D eigenvalue weighted by atomic mass is 16.5. The zero-order valence-electron chi connectivity index (χ0n) is 18.4. The Morgan fingerprint density at radius 2 is 2.09 bits per heavy atom. The van der Waals surface area contributed by atoms with E-state index in [1.807, 2.05) is 39.1 Å². The maximum absolute atomic E-state index is 12.7. The fourth-order valence-corrected chi connectivity index (χ4v) is 3.60. The van der Waals surface area contributed by atoms with E-state index in [1.165, 1.54) is 4.90 Å². The Bertz CT molecular complexity index is 1230. The first-order valence-corrected chi connectivity index (χ1v) is 10.2. The molecular formula is C23H24N6O3. The van der Waals surface area contributed by atoms with E-state index in [4.69, 9.17) is 4.74 Å². The van der Waals surface area contributed by atoms with Crippen molar-refractivity contribution in [3.05, 3.63) is 54.2 Å². The summed E-state index contributed by atoms with van der Waals surface area (Å²) in [6.45, 7) is 6.11. The number of hydrogen-bond donors (Lipinski definition) is 1. The van der Waals surface area contributed by atoms with Crippen molar-refractivity contribution >= 4 is 17.8 Å². The largest absolute Gasteiger partial charge is 0.455 e. The average molecular weight is 432 g/mol. The second kappa shape index (κ2) is 8.28. The summed E-state index contributed by atoms with van der Waals surface area (Å²) < 4.78 is 7.70. The molecule has 9 heteroatoms. The van der Waals surface area contributed by atoms with Crippen molar-refractivity contribution < 1.29 is 14.3 Å². The summed E-state index contributed by atoms with van der Waals surface area (Å²) in [7, 11) is 1.85. The van der Waals surface area contributed by atoms with Crippen molar-refractivity contribution in [2.24, 2.45) is 12.5 Å². The molecule has 0 unspecified atom stereocenters. The topological polar surface area (TPSA) is 102 Å². The van der Waals surface area contributed by atoms with Gasteiger partial charge >= 0.3 is 6.03 Å². The van der Waals surface area contributed by atoms with Crippen LogP contribution in [0, 0.1) is 12.3 Å². The average Bonchev–Trinajstić information content (AvgIpc) is 3.32. The molecule has 1 aliphatic rings. The summed E-state index contributed by atoms with van der Waals surface area (Å²) in [6.07, 6.45) is 5.99. The molecule has 9 nitrogen and oxygen atoms in total. The van der Waals surface area contributed by atoms with Gasteiger partial charge in [0.25, 0.3) is 0 Å². The summed E-state index contributed by atoms with van der Waals surface area (Å²) >= 11 is 0. The lowest BCUT2D eigenvalue weighted by molar-refractivity contribution is 0.228. The Hall–Kier alpha value is -3.97. The van der Waals surface area contributed by atoms with Gasteiger partial charge in [-0.2, -0.15) is 5.10 Å². The third-order valence-corrected chi connectivity index (χ3v) is 5.45. The van der Waals surface area contributed by atoms with Gasteiger partial charge in [0.15, 0.2) is 0 Å². The van der Waals surface area contributed by atoms with Crippen LogP contribution in [0.15, 0.2) is 48.6 Å². The first-order valence-electron chi connectivity index (χ1n) is 10.2. The van der Waals surface area contributed by atoms with Crippen LogP contribution in [0.4, 0.5) is 10.6 Å². The van der Waals surface area contributed by atoms with Gasteiger partial charge in [-0.25, -0.2) is 14.6 Å². The van der Waals surface area contributed by atoms with Crippen LogP contribution in [-0.4, -0.2) is 43.2 Å². The fourth-order valence-electron chi connectivity index (χ4n) is 3.60. The zero-order valence-corrected chi connectivity index (χ0v) is 18.4. The Balaban J connectivity index is 1.47. The lowest BCUT2D eigenvalue weighted by Crippen LogP contribution is -2.33. The van der Waals surface area contributed by atoms with Gasteiger partial charge in [-0.3, -0.25) is 19.9 Å². The van der Waals surface area contributed by atoms with Crippen LogP contribution in [0.2, 0.25) is 0 Å². The number of carbonyl (C=O) groups excluding carboxylic acids is 2. The summed E-state index contributed by atoms with van der Waals surface area (Å²) in [5.41, 5.74) is 2.22. The Morgan fingerprint density at radius 3 is 2.78 bits per heavy atom. The Morgan fingerprint density at radius 1 is 1.28 bits per heavy atom. The van der Waals surface area contributed by atoms with Crippen LogP contribution in [0.1, 0.15) is 26.0 Å². The van der Waals surface area contributed by atoms with E-state index in [0.29, 0.717) is 41.7 Å². The molecule has 0 aromatic carbocycles. The minimum atomic E-state index is -0.398. The number of allylic oxidation sites excluding steroid dienone is 1. The molecule has 0 bridgehead atoms. The number of carbonyl (C=O) groups is 1. The van der Waals surface area contributed by atoms with Crippen LogP contribution in [0.25, 0.3) is 11.3 Å². The second-order valence-corrected chi connectivity index (χ2v) is 8.33. The molecule has 1 N–H and O–H groups in total. The van der Waals surface area contributed by atoms with E-state index in [2.05, 4.69) is 20.4 Å². The molecule has 32 heavy (non-hydrogen) atoms. The number of aryl methyl sites for hydroxylation is 2. The molecule has 0 saturated carbocycles. The van der Waals surface area contributed by atoms with E-state index in [1.54, 1.807) is 42.2 Å². The maximum Gasteiger partial charge on any atom is 0.327 e. The first kappa shape index (κ1) is 21.3. The summed E-state index contributed by atoms with van der Waals surface area (Å²) in [5, 5.41) is 6.92. The fraction of sp³-hybridized carbons (Fsp3) is 0.304. The minimum Gasteiger partial charge on any atom is -0.455 e. The van der Waals surface area contributed by atoms with Crippen molar-refractivity contribution in [2.75, 3.05) is 11.9 Å². The number of nitrogens with zero attached hydrogens (tertiary/aromatic N) is 5. The van der Waals surface area contributed by atoms with Crippen LogP contribution in [0.3, 0.4) is 0 Å². The van der Waals surface area contributed by atoms with Gasteiger partial charge < -0.3 is 4.74 Å². The minimum absolute atomic E-state index is 0.355. The van der Waals surface area contributed by atoms with Crippen LogP contribution in [-0.2, 0) is 11.8 Å². The molecule has 1 saturated heterocycles. The highest BCUT2D eigenvalue weighted by Crippen LogP contribution is 2.38. The van der Waals surface area contributed by atoms with Gasteiger partial charge in [0.2, 0.25) is 0 Å². The number of rotatable bonds is 4. The predicted molar refractivity (Wildman–Crippen MR) is 119 cm³/mol. The molecule has 0 aliphatic carbocycles. The molecule has 0 atom stereocenters. The van der Waals surface area contributed by atoms with E-state index < -0.39 is 6.03 Å². The highest BCUT2D eigenvalue weighted by molar-refractivity contribution is 5.91. The number of urea groups is 1. The summed E-state index contributed by atoms with van der Waals surface area (Å²) in [5.74, 6) is 3.46. The lowest BCUT2D eigenvalue weighted by atomic mass is 9.90. The Labute approximate surface area is 185 Å². The number of ether oxygens (including phenoxy) is 1. The van der Waals surface area contributed by atoms with E-state index in [-0.39, 0.29) is 5.41 Å². The molecule has 1 aliphatic heterocycles. The molecule has 0 spiro atoms. The number of nitrogens with one attached hydrogen (secondary N) is 1. The van der Waals surface area contributed by atoms with E-state index in [9.17, 15) is 9.59 Å². The predicted octanol–water partition coefficient (Wildman–Crippen LogP) is 3.96. The maximum atomic E-state index is 12.7. The highest BCUT2D eigenvalue weighted by Gasteiger charge is 2.39. The van der Waals surface area contributed by atoms with Crippen molar-refractivity contribution in [1.29, 1.82) is 0 Å². The van der Waals surface area contributed by atoms with Crippen molar-refractivity contribution in [1.82, 2.24) is 24.6 Å². The van der Waals surface area contributed by atoms with Crippen molar-refractivity contribution in [3.63, 3.8) is 0 Å². The van der Waals surface area contributed by atoms with Gasteiger partial charge in [-0.05, 0) is 31.5 Å². The molecule has 0 radical (unpaired) electrons. The monoisotopic (exact) mass is 432 g/mol.